The first-order valence-electron chi connectivity index (χ1n) is 13.6. The van der Waals surface area contributed by atoms with Crippen LogP contribution in [-0.4, -0.2) is 46.2 Å². The first-order chi connectivity index (χ1) is 15.5. The maximum Gasteiger partial charge on any atom is 0.303 e. The number of carboxylic acids is 1. The molecule has 0 spiro atoms. The Morgan fingerprint density at radius 3 is 0.848 bits per heavy atom. The number of aliphatic hydroxyl groups is 3. The fourth-order valence-corrected chi connectivity index (χ4v) is 2.65. The van der Waals surface area contributed by atoms with Gasteiger partial charge in [0, 0.05) is 48.0 Å². The fraction of sp³-hybridized carbons (Fsp3) is 0.963. The predicted octanol–water partition coefficient (Wildman–Crippen LogP) is 7.50. The van der Waals surface area contributed by atoms with Crippen molar-refractivity contribution in [3.05, 3.63) is 0 Å². The van der Waals surface area contributed by atoms with Crippen LogP contribution in [0.3, 0.4) is 0 Å². The van der Waals surface area contributed by atoms with Crippen molar-refractivity contribution in [1.82, 2.24) is 0 Å². The summed E-state index contributed by atoms with van der Waals surface area (Å²) < 4.78 is 0. The average molecular weight is 513 g/mol. The summed E-state index contributed by atoms with van der Waals surface area (Å²) in [6, 6.07) is 0. The van der Waals surface area contributed by atoms with E-state index >= 15 is 0 Å². The van der Waals surface area contributed by atoms with E-state index in [1.54, 1.807) is 0 Å². The minimum Gasteiger partial charge on any atom is -0.481 e. The molecule has 0 unspecified atom stereocenters. The first kappa shape index (κ1) is 43.2. The topological polar surface area (TPSA) is 98.0 Å². The van der Waals surface area contributed by atoms with Crippen molar-refractivity contribution >= 4 is 5.97 Å². The van der Waals surface area contributed by atoms with Crippen molar-refractivity contribution in [2.24, 2.45) is 0 Å². The third-order valence-electron chi connectivity index (χ3n) is 4.67. The summed E-state index contributed by atoms with van der Waals surface area (Å²) in [6.45, 7) is 9.02. The molecule has 5 nitrogen and oxygen atoms in total. The van der Waals surface area contributed by atoms with Gasteiger partial charge in [0.05, 0.1) is 0 Å². The number of carboxylic acid groups (broad SMARTS) is 1. The fourth-order valence-electron chi connectivity index (χ4n) is 2.65. The van der Waals surface area contributed by atoms with E-state index in [4.69, 9.17) is 20.4 Å². The molecule has 0 radical (unpaired) electrons. The van der Waals surface area contributed by atoms with E-state index in [-0.39, 0.29) is 21.7 Å². The van der Waals surface area contributed by atoms with Crippen molar-refractivity contribution in [3.8, 4) is 0 Å². The largest absolute Gasteiger partial charge is 0.481 e. The van der Waals surface area contributed by atoms with Gasteiger partial charge in [-0.3, -0.25) is 4.79 Å². The monoisotopic (exact) mass is 512 g/mol. The molecule has 0 amide bonds. The summed E-state index contributed by atoms with van der Waals surface area (Å²) in [5.74, 6) is -0.653. The maximum atomic E-state index is 10.3. The molecular weight excluding hydrogens is 452 g/mol. The standard InChI is InChI=1S/C18H36O2.3C3H8O.Ti/c1-2-3-4-5-6-7-8-9-10-11-12-13-14-15-16-17-18(19)20;3*1-2-3-4;/h2-17H2,1H3,(H,19,20);3*4H,2-3H2,1H3;. The van der Waals surface area contributed by atoms with Gasteiger partial charge >= 0.3 is 5.97 Å². The van der Waals surface area contributed by atoms with Gasteiger partial charge in [-0.2, -0.15) is 0 Å². The van der Waals surface area contributed by atoms with Crippen molar-refractivity contribution < 1.29 is 46.9 Å². The molecular formula is C27H60O5Ti. The van der Waals surface area contributed by atoms with Crippen LogP contribution in [0.15, 0.2) is 0 Å². The molecule has 0 rings (SSSR count). The molecule has 33 heavy (non-hydrogen) atoms. The normalized spacial score (nSPS) is 9.30. The summed E-state index contributed by atoms with van der Waals surface area (Å²) in [6.07, 6.45) is 22.8. The van der Waals surface area contributed by atoms with Gasteiger partial charge in [0.2, 0.25) is 0 Å². The Balaban J connectivity index is -0.000000165. The molecule has 0 aromatic heterocycles. The number of carbonyl (C=O) groups is 1. The zero-order valence-corrected chi connectivity index (χ0v) is 24.3. The molecule has 0 saturated carbocycles. The van der Waals surface area contributed by atoms with Crippen LogP contribution in [0.25, 0.3) is 0 Å². The van der Waals surface area contributed by atoms with Crippen LogP contribution in [-0.2, 0) is 26.5 Å². The van der Waals surface area contributed by atoms with Crippen molar-refractivity contribution in [1.29, 1.82) is 0 Å². The minimum atomic E-state index is -0.653. The molecule has 0 aliphatic rings. The van der Waals surface area contributed by atoms with Gasteiger partial charge in [-0.15, -0.1) is 0 Å². The molecule has 0 aliphatic heterocycles. The summed E-state index contributed by atoms with van der Waals surface area (Å²) in [5.41, 5.74) is 0. The van der Waals surface area contributed by atoms with Crippen LogP contribution in [0.5, 0.6) is 0 Å². The number of unbranched alkanes of at least 4 members (excludes halogenated alkanes) is 14. The van der Waals surface area contributed by atoms with Gasteiger partial charge in [0.15, 0.2) is 0 Å². The van der Waals surface area contributed by atoms with Crippen LogP contribution < -0.4 is 0 Å². The van der Waals surface area contributed by atoms with Gasteiger partial charge in [0.25, 0.3) is 0 Å². The SMILES string of the molecule is CCCCCCCCCCCCCCCCCC(=O)O.CCCO.CCCO.CCCO.[Ti]. The smallest absolute Gasteiger partial charge is 0.303 e. The van der Waals surface area contributed by atoms with Gasteiger partial charge in [-0.1, -0.05) is 118 Å². The summed E-state index contributed by atoms with van der Waals surface area (Å²) in [7, 11) is 0. The second-order valence-corrected chi connectivity index (χ2v) is 8.26. The molecule has 4 N–H and O–H groups in total. The quantitative estimate of drug-likeness (QED) is 0.106. The van der Waals surface area contributed by atoms with E-state index < -0.39 is 5.97 Å². The molecule has 0 aromatic rings. The van der Waals surface area contributed by atoms with E-state index in [0.29, 0.717) is 26.2 Å². The van der Waals surface area contributed by atoms with E-state index in [2.05, 4.69) is 6.92 Å². The van der Waals surface area contributed by atoms with Crippen molar-refractivity contribution in [3.63, 3.8) is 0 Å². The maximum absolute atomic E-state index is 10.3. The molecule has 6 heteroatoms. The molecule has 0 bridgehead atoms. The third-order valence-corrected chi connectivity index (χ3v) is 4.67. The summed E-state index contributed by atoms with van der Waals surface area (Å²) in [5, 5.41) is 32.1. The Kier molecular flexibility index (Phi) is 64.4. The summed E-state index contributed by atoms with van der Waals surface area (Å²) >= 11 is 0. The predicted molar refractivity (Wildman–Crippen MR) is 139 cm³/mol. The van der Waals surface area contributed by atoms with Crippen LogP contribution in [0.1, 0.15) is 150 Å². The molecule has 0 fully saturated rings. The van der Waals surface area contributed by atoms with Gasteiger partial charge < -0.3 is 20.4 Å². The number of rotatable bonds is 19. The minimum absolute atomic E-state index is 0. The van der Waals surface area contributed by atoms with Crippen molar-refractivity contribution in [2.75, 3.05) is 19.8 Å². The Morgan fingerprint density at radius 1 is 0.455 bits per heavy atom. The number of aliphatic hydroxyl groups excluding tert-OH is 3. The molecule has 0 aliphatic carbocycles. The third kappa shape index (κ3) is 72.0. The zero-order valence-electron chi connectivity index (χ0n) is 22.8. The molecule has 0 heterocycles. The van der Waals surface area contributed by atoms with E-state index in [9.17, 15) is 4.79 Å². The molecule has 0 aromatic carbocycles. The number of hydrogen-bond acceptors (Lipinski definition) is 4. The number of hydrogen-bond donors (Lipinski definition) is 4. The van der Waals surface area contributed by atoms with E-state index in [0.717, 1.165) is 32.1 Å². The van der Waals surface area contributed by atoms with Crippen molar-refractivity contribution in [2.45, 2.75) is 150 Å². The van der Waals surface area contributed by atoms with Crippen LogP contribution in [0.4, 0.5) is 0 Å². The Bertz CT molecular complexity index is 276. The van der Waals surface area contributed by atoms with Gasteiger partial charge in [0.1, 0.15) is 0 Å². The second-order valence-electron chi connectivity index (χ2n) is 8.26. The van der Waals surface area contributed by atoms with Crippen LogP contribution >= 0.6 is 0 Å². The molecule has 0 atom stereocenters. The Morgan fingerprint density at radius 2 is 0.667 bits per heavy atom. The average Bonchev–Trinajstić information content (AvgIpc) is 2.81. The zero-order chi connectivity index (χ0) is 25.1. The van der Waals surface area contributed by atoms with Crippen LogP contribution in [0.2, 0.25) is 0 Å². The van der Waals surface area contributed by atoms with Gasteiger partial charge in [-0.05, 0) is 25.7 Å². The van der Waals surface area contributed by atoms with Gasteiger partial charge in [-0.25, -0.2) is 0 Å². The van der Waals surface area contributed by atoms with E-state index in [1.807, 2.05) is 20.8 Å². The first-order valence-corrected chi connectivity index (χ1v) is 13.6. The second kappa shape index (κ2) is 49.3. The summed E-state index contributed by atoms with van der Waals surface area (Å²) in [4.78, 5) is 10.3. The Hall–Kier alpha value is 0.0643. The van der Waals surface area contributed by atoms with E-state index in [1.165, 1.54) is 83.5 Å². The van der Waals surface area contributed by atoms with Crippen LogP contribution in [0, 0.1) is 0 Å². The molecule has 202 valence electrons. The Labute approximate surface area is 222 Å². The molecule has 0 saturated heterocycles. The number of aliphatic carboxylic acids is 1.